The zero-order chi connectivity index (χ0) is 18.5. The normalized spacial score (nSPS) is 10.9. The Morgan fingerprint density at radius 3 is 2.92 bits per heavy atom. The molecule has 0 aliphatic heterocycles. The predicted molar refractivity (Wildman–Crippen MR) is 95.3 cm³/mol. The van der Waals surface area contributed by atoms with Gasteiger partial charge in [0.15, 0.2) is 18.0 Å². The molecule has 3 aromatic rings. The minimum atomic E-state index is -0.275. The molecule has 8 heteroatoms. The van der Waals surface area contributed by atoms with Crippen LogP contribution in [-0.2, 0) is 13.0 Å². The Morgan fingerprint density at radius 1 is 1.35 bits per heavy atom. The summed E-state index contributed by atoms with van der Waals surface area (Å²) in [7, 11) is 1.67. The Morgan fingerprint density at radius 2 is 2.19 bits per heavy atom. The topological polar surface area (TPSA) is 97.3 Å². The Labute approximate surface area is 151 Å². The molecule has 0 saturated carbocycles. The van der Waals surface area contributed by atoms with Crippen molar-refractivity contribution in [3.63, 3.8) is 0 Å². The first kappa shape index (κ1) is 17.7. The second kappa shape index (κ2) is 7.81. The Bertz CT molecular complexity index is 857. The van der Waals surface area contributed by atoms with Crippen molar-refractivity contribution in [2.45, 2.75) is 26.8 Å². The van der Waals surface area contributed by atoms with Crippen molar-refractivity contribution in [3.8, 4) is 11.3 Å². The molecular weight excluding hydrogens is 334 g/mol. The van der Waals surface area contributed by atoms with E-state index in [9.17, 15) is 4.79 Å². The zero-order valence-corrected chi connectivity index (χ0v) is 15.0. The third-order valence-electron chi connectivity index (χ3n) is 3.65. The SMILES string of the molecule is CC(C)Cc1noc(CN(C)C(=O)Nc2cccc(-c3cnco3)c2)n1. The number of hydrogen-bond acceptors (Lipinski definition) is 6. The molecule has 0 atom stereocenters. The fourth-order valence-corrected chi connectivity index (χ4v) is 2.40. The number of aromatic nitrogens is 3. The highest BCUT2D eigenvalue weighted by atomic mass is 16.5. The highest BCUT2D eigenvalue weighted by Crippen LogP contribution is 2.22. The minimum absolute atomic E-state index is 0.235. The van der Waals surface area contributed by atoms with Crippen LogP contribution in [-0.4, -0.2) is 33.1 Å². The smallest absolute Gasteiger partial charge is 0.322 e. The lowest BCUT2D eigenvalue weighted by atomic mass is 10.1. The van der Waals surface area contributed by atoms with Gasteiger partial charge in [-0.1, -0.05) is 31.1 Å². The summed E-state index contributed by atoms with van der Waals surface area (Å²) in [6, 6.07) is 7.07. The fraction of sp³-hybridized carbons (Fsp3) is 0.333. The van der Waals surface area contributed by atoms with Gasteiger partial charge in [0, 0.05) is 24.7 Å². The monoisotopic (exact) mass is 355 g/mol. The van der Waals surface area contributed by atoms with Crippen LogP contribution in [0, 0.1) is 5.92 Å². The standard InChI is InChI=1S/C18H21N5O3/c1-12(2)7-16-21-17(26-22-16)10-23(3)18(24)20-14-6-4-5-13(8-14)15-9-19-11-25-15/h4-6,8-9,11-12H,7,10H2,1-3H3,(H,20,24). The molecule has 26 heavy (non-hydrogen) atoms. The summed E-state index contributed by atoms with van der Waals surface area (Å²) >= 11 is 0. The van der Waals surface area contributed by atoms with Crippen LogP contribution in [0.4, 0.5) is 10.5 Å². The van der Waals surface area contributed by atoms with Crippen LogP contribution in [0.2, 0.25) is 0 Å². The molecule has 0 spiro atoms. The third kappa shape index (κ3) is 4.47. The molecule has 0 aliphatic carbocycles. The first-order chi connectivity index (χ1) is 12.5. The van der Waals surface area contributed by atoms with Crippen LogP contribution in [0.25, 0.3) is 11.3 Å². The van der Waals surface area contributed by atoms with E-state index in [-0.39, 0.29) is 12.6 Å². The van der Waals surface area contributed by atoms with Gasteiger partial charge < -0.3 is 19.2 Å². The molecule has 0 fully saturated rings. The molecule has 0 radical (unpaired) electrons. The lowest BCUT2D eigenvalue weighted by Crippen LogP contribution is -2.31. The molecule has 0 unspecified atom stereocenters. The molecule has 136 valence electrons. The maximum atomic E-state index is 12.4. The first-order valence-electron chi connectivity index (χ1n) is 8.34. The number of rotatable bonds is 6. The summed E-state index contributed by atoms with van der Waals surface area (Å²) in [6.45, 7) is 4.41. The fourth-order valence-electron chi connectivity index (χ4n) is 2.40. The summed E-state index contributed by atoms with van der Waals surface area (Å²) in [5, 5.41) is 6.77. The number of amides is 2. The van der Waals surface area contributed by atoms with Gasteiger partial charge in [-0.15, -0.1) is 0 Å². The minimum Gasteiger partial charge on any atom is -0.444 e. The van der Waals surface area contributed by atoms with Gasteiger partial charge >= 0.3 is 6.03 Å². The van der Waals surface area contributed by atoms with Crippen LogP contribution >= 0.6 is 0 Å². The number of nitrogens with zero attached hydrogens (tertiary/aromatic N) is 4. The molecule has 0 aliphatic rings. The zero-order valence-electron chi connectivity index (χ0n) is 15.0. The summed E-state index contributed by atoms with van der Waals surface area (Å²) in [5.74, 6) is 2.15. The average Bonchev–Trinajstić information content (AvgIpc) is 3.26. The number of hydrogen-bond donors (Lipinski definition) is 1. The van der Waals surface area contributed by atoms with Gasteiger partial charge in [0.2, 0.25) is 5.89 Å². The Balaban J connectivity index is 1.61. The van der Waals surface area contributed by atoms with E-state index >= 15 is 0 Å². The third-order valence-corrected chi connectivity index (χ3v) is 3.65. The maximum absolute atomic E-state index is 12.4. The molecule has 1 aromatic carbocycles. The van der Waals surface area contributed by atoms with Crippen molar-refractivity contribution < 1.29 is 13.7 Å². The summed E-state index contributed by atoms with van der Waals surface area (Å²) < 4.78 is 10.5. The number of urea groups is 1. The average molecular weight is 355 g/mol. The lowest BCUT2D eigenvalue weighted by molar-refractivity contribution is 0.213. The molecule has 8 nitrogen and oxygen atoms in total. The van der Waals surface area contributed by atoms with Gasteiger partial charge in [-0.3, -0.25) is 0 Å². The predicted octanol–water partition coefficient (Wildman–Crippen LogP) is 3.59. The summed E-state index contributed by atoms with van der Waals surface area (Å²) in [6.07, 6.45) is 3.73. The van der Waals surface area contributed by atoms with E-state index in [0.717, 1.165) is 12.0 Å². The van der Waals surface area contributed by atoms with Gasteiger partial charge in [0.1, 0.15) is 6.54 Å². The van der Waals surface area contributed by atoms with Gasteiger partial charge in [0.05, 0.1) is 6.20 Å². The van der Waals surface area contributed by atoms with Crippen molar-refractivity contribution in [1.29, 1.82) is 0 Å². The molecule has 0 saturated heterocycles. The van der Waals surface area contributed by atoms with E-state index in [1.807, 2.05) is 18.2 Å². The van der Waals surface area contributed by atoms with E-state index in [4.69, 9.17) is 8.94 Å². The maximum Gasteiger partial charge on any atom is 0.322 e. The van der Waals surface area contributed by atoms with Crippen LogP contribution in [0.15, 0.2) is 45.8 Å². The molecule has 2 heterocycles. The Kier molecular flexibility index (Phi) is 5.31. The van der Waals surface area contributed by atoms with Crippen LogP contribution in [0.3, 0.4) is 0 Å². The summed E-state index contributed by atoms with van der Waals surface area (Å²) in [5.41, 5.74) is 1.49. The molecule has 2 aromatic heterocycles. The molecule has 3 rings (SSSR count). The van der Waals surface area contributed by atoms with Crippen molar-refractivity contribution in [3.05, 3.63) is 48.6 Å². The van der Waals surface area contributed by atoms with Gasteiger partial charge in [-0.05, 0) is 18.1 Å². The second-order valence-corrected chi connectivity index (χ2v) is 6.44. The van der Waals surface area contributed by atoms with E-state index in [1.54, 1.807) is 19.3 Å². The second-order valence-electron chi connectivity index (χ2n) is 6.44. The summed E-state index contributed by atoms with van der Waals surface area (Å²) in [4.78, 5) is 22.1. The lowest BCUT2D eigenvalue weighted by Gasteiger charge is -2.16. The number of nitrogens with one attached hydrogen (secondary N) is 1. The number of anilines is 1. The largest absolute Gasteiger partial charge is 0.444 e. The van der Waals surface area contributed by atoms with E-state index in [0.29, 0.717) is 29.1 Å². The number of carbonyl (C=O) groups excluding carboxylic acids is 1. The first-order valence-corrected chi connectivity index (χ1v) is 8.34. The molecule has 0 bridgehead atoms. The molecule has 1 N–H and O–H groups in total. The van der Waals surface area contributed by atoms with E-state index in [1.165, 1.54) is 11.3 Å². The Hall–Kier alpha value is -3.16. The van der Waals surface area contributed by atoms with Crippen molar-refractivity contribution in [2.75, 3.05) is 12.4 Å². The number of oxazole rings is 1. The van der Waals surface area contributed by atoms with Gasteiger partial charge in [0.25, 0.3) is 0 Å². The number of benzene rings is 1. The van der Waals surface area contributed by atoms with Gasteiger partial charge in [-0.2, -0.15) is 4.98 Å². The van der Waals surface area contributed by atoms with E-state index < -0.39 is 0 Å². The highest BCUT2D eigenvalue weighted by Gasteiger charge is 2.15. The van der Waals surface area contributed by atoms with Gasteiger partial charge in [-0.25, -0.2) is 9.78 Å². The van der Waals surface area contributed by atoms with E-state index in [2.05, 4.69) is 34.3 Å². The van der Waals surface area contributed by atoms with Crippen LogP contribution in [0.1, 0.15) is 25.6 Å². The molecule has 2 amide bonds. The van der Waals surface area contributed by atoms with Crippen LogP contribution in [0.5, 0.6) is 0 Å². The molecular formula is C18H21N5O3. The number of carbonyl (C=O) groups is 1. The highest BCUT2D eigenvalue weighted by molar-refractivity contribution is 5.89. The van der Waals surface area contributed by atoms with Crippen molar-refractivity contribution in [1.82, 2.24) is 20.0 Å². The van der Waals surface area contributed by atoms with Crippen molar-refractivity contribution in [2.24, 2.45) is 5.92 Å². The van der Waals surface area contributed by atoms with Crippen molar-refractivity contribution >= 4 is 11.7 Å². The van der Waals surface area contributed by atoms with Crippen LogP contribution < -0.4 is 5.32 Å². The quantitative estimate of drug-likeness (QED) is 0.726.